The minimum absolute atomic E-state index is 0.0589. The summed E-state index contributed by atoms with van der Waals surface area (Å²) >= 11 is 7.32. The van der Waals surface area contributed by atoms with Crippen molar-refractivity contribution in [2.45, 2.75) is 12.8 Å². The zero-order valence-corrected chi connectivity index (χ0v) is 17.0. The molecule has 1 saturated heterocycles. The van der Waals surface area contributed by atoms with Crippen molar-refractivity contribution in [2.24, 2.45) is 0 Å². The van der Waals surface area contributed by atoms with Crippen molar-refractivity contribution in [3.63, 3.8) is 0 Å². The van der Waals surface area contributed by atoms with E-state index in [4.69, 9.17) is 12.2 Å². The fourth-order valence-electron chi connectivity index (χ4n) is 2.78. The molecule has 3 rings (SSSR count). The molecule has 0 aliphatic carbocycles. The number of likely N-dealkylation sites (tertiary alicyclic amines) is 1. The number of hydrogen-bond acceptors (Lipinski definition) is 3. The number of rotatable bonds is 3. The molecule has 7 heteroatoms. The van der Waals surface area contributed by atoms with Gasteiger partial charge in [0, 0.05) is 27.9 Å². The molecule has 0 aromatic heterocycles. The largest absolute Gasteiger partial charge is 0.339 e. The lowest BCUT2D eigenvalue weighted by Crippen LogP contribution is -2.34. The van der Waals surface area contributed by atoms with E-state index >= 15 is 0 Å². The molecule has 26 heavy (non-hydrogen) atoms. The normalized spacial score (nSPS) is 13.3. The van der Waals surface area contributed by atoms with Gasteiger partial charge in [0.05, 0.1) is 5.56 Å². The Hall–Kier alpha value is -2.00. The van der Waals surface area contributed by atoms with Crippen LogP contribution in [0.4, 0.5) is 5.69 Å². The first-order valence-corrected chi connectivity index (χ1v) is 9.79. The summed E-state index contributed by atoms with van der Waals surface area (Å²) in [5.74, 6) is -0.197. The standard InChI is InChI=1S/C19H18IN3O2S/c20-16-6-2-1-5-15(16)17(24)22-19(26)21-14-9-7-13(8-10-14)18(25)23-11-3-4-12-23/h1-2,5-10H,3-4,11-12H2,(H2,21,22,24,26). The molecule has 0 saturated carbocycles. The molecule has 1 aliphatic rings. The Kier molecular flexibility index (Phi) is 6.20. The number of halogens is 1. The van der Waals surface area contributed by atoms with Crippen LogP contribution in [0.25, 0.3) is 0 Å². The molecule has 0 unspecified atom stereocenters. The van der Waals surface area contributed by atoms with Gasteiger partial charge in [-0.15, -0.1) is 0 Å². The SMILES string of the molecule is O=C(NC(=S)Nc1ccc(C(=O)N2CCCC2)cc1)c1ccccc1I. The number of thiocarbonyl (C=S) groups is 1. The van der Waals surface area contributed by atoms with E-state index in [0.717, 1.165) is 35.2 Å². The first-order valence-electron chi connectivity index (χ1n) is 8.31. The number of nitrogens with one attached hydrogen (secondary N) is 2. The summed E-state index contributed by atoms with van der Waals surface area (Å²) < 4.78 is 0.857. The predicted octanol–water partition coefficient (Wildman–Crippen LogP) is 3.65. The van der Waals surface area contributed by atoms with Gasteiger partial charge in [0.25, 0.3) is 11.8 Å². The number of benzene rings is 2. The number of carbonyl (C=O) groups is 2. The number of anilines is 1. The molecule has 0 bridgehead atoms. The van der Waals surface area contributed by atoms with E-state index < -0.39 is 0 Å². The van der Waals surface area contributed by atoms with E-state index in [9.17, 15) is 9.59 Å². The third kappa shape index (κ3) is 4.59. The molecule has 0 atom stereocenters. The predicted molar refractivity (Wildman–Crippen MR) is 114 cm³/mol. The highest BCUT2D eigenvalue weighted by Gasteiger charge is 2.19. The van der Waals surface area contributed by atoms with Crippen LogP contribution in [0.2, 0.25) is 0 Å². The van der Waals surface area contributed by atoms with Gasteiger partial charge in [0.1, 0.15) is 0 Å². The van der Waals surface area contributed by atoms with E-state index in [2.05, 4.69) is 33.2 Å². The van der Waals surface area contributed by atoms with Crippen molar-refractivity contribution in [1.82, 2.24) is 10.2 Å². The summed E-state index contributed by atoms with van der Waals surface area (Å²) in [7, 11) is 0. The Bertz CT molecular complexity index is 833. The zero-order valence-electron chi connectivity index (χ0n) is 14.0. The van der Waals surface area contributed by atoms with Crippen molar-refractivity contribution in [2.75, 3.05) is 18.4 Å². The minimum Gasteiger partial charge on any atom is -0.339 e. The molecule has 5 nitrogen and oxygen atoms in total. The highest BCUT2D eigenvalue weighted by atomic mass is 127. The van der Waals surface area contributed by atoms with Crippen LogP contribution >= 0.6 is 34.8 Å². The summed E-state index contributed by atoms with van der Waals surface area (Å²) in [5, 5.41) is 5.85. The number of nitrogens with zero attached hydrogens (tertiary/aromatic N) is 1. The number of amides is 2. The molecule has 2 aromatic carbocycles. The smallest absolute Gasteiger partial charge is 0.258 e. The van der Waals surface area contributed by atoms with Gasteiger partial charge in [-0.1, -0.05) is 12.1 Å². The summed E-state index contributed by atoms with van der Waals surface area (Å²) in [6.07, 6.45) is 2.14. The molecule has 2 amide bonds. The van der Waals surface area contributed by atoms with Crippen LogP contribution < -0.4 is 10.6 Å². The molecular weight excluding hydrogens is 461 g/mol. The minimum atomic E-state index is -0.256. The highest BCUT2D eigenvalue weighted by Crippen LogP contribution is 2.16. The second-order valence-electron chi connectivity index (χ2n) is 5.96. The summed E-state index contributed by atoms with van der Waals surface area (Å²) in [4.78, 5) is 26.5. The van der Waals surface area contributed by atoms with Crippen LogP contribution in [-0.2, 0) is 0 Å². The third-order valence-electron chi connectivity index (χ3n) is 4.13. The van der Waals surface area contributed by atoms with Crippen LogP contribution in [0, 0.1) is 3.57 Å². The van der Waals surface area contributed by atoms with Crippen molar-refractivity contribution < 1.29 is 9.59 Å². The molecule has 0 radical (unpaired) electrons. The van der Waals surface area contributed by atoms with Gasteiger partial charge in [-0.05, 0) is 84.0 Å². The molecule has 2 aromatic rings. The van der Waals surface area contributed by atoms with Crippen LogP contribution in [0.1, 0.15) is 33.6 Å². The molecule has 1 fully saturated rings. The Morgan fingerprint density at radius 1 is 1.00 bits per heavy atom. The van der Waals surface area contributed by atoms with Gasteiger partial charge < -0.3 is 10.2 Å². The maximum Gasteiger partial charge on any atom is 0.258 e. The first kappa shape index (κ1) is 18.8. The lowest BCUT2D eigenvalue weighted by atomic mass is 10.2. The van der Waals surface area contributed by atoms with E-state index in [0.29, 0.717) is 11.1 Å². The van der Waals surface area contributed by atoms with Crippen molar-refractivity contribution in [1.29, 1.82) is 0 Å². The maximum absolute atomic E-state index is 12.3. The van der Waals surface area contributed by atoms with Gasteiger partial charge in [0.2, 0.25) is 0 Å². The first-order chi connectivity index (χ1) is 12.5. The number of hydrogen-bond donors (Lipinski definition) is 2. The zero-order chi connectivity index (χ0) is 18.5. The summed E-state index contributed by atoms with van der Waals surface area (Å²) in [5.41, 5.74) is 1.95. The van der Waals surface area contributed by atoms with Crippen LogP contribution in [0.15, 0.2) is 48.5 Å². The third-order valence-corrected chi connectivity index (χ3v) is 5.27. The fraction of sp³-hybridized carbons (Fsp3) is 0.211. The monoisotopic (exact) mass is 479 g/mol. The average Bonchev–Trinajstić information content (AvgIpc) is 3.16. The van der Waals surface area contributed by atoms with E-state index in [-0.39, 0.29) is 16.9 Å². The van der Waals surface area contributed by atoms with Crippen LogP contribution in [0.3, 0.4) is 0 Å². The second kappa shape index (κ2) is 8.59. The topological polar surface area (TPSA) is 61.4 Å². The molecule has 2 N–H and O–H groups in total. The Morgan fingerprint density at radius 3 is 2.31 bits per heavy atom. The summed E-state index contributed by atoms with van der Waals surface area (Å²) in [6, 6.07) is 14.4. The van der Waals surface area contributed by atoms with Crippen LogP contribution in [0.5, 0.6) is 0 Å². The maximum atomic E-state index is 12.3. The summed E-state index contributed by atoms with van der Waals surface area (Å²) in [6.45, 7) is 1.65. The van der Waals surface area contributed by atoms with E-state index in [1.165, 1.54) is 0 Å². The van der Waals surface area contributed by atoms with Gasteiger partial charge >= 0.3 is 0 Å². The fourth-order valence-corrected chi connectivity index (χ4v) is 3.62. The quantitative estimate of drug-likeness (QED) is 0.522. The van der Waals surface area contributed by atoms with Crippen LogP contribution in [-0.4, -0.2) is 34.9 Å². The van der Waals surface area contributed by atoms with Crippen molar-refractivity contribution >= 4 is 57.4 Å². The lowest BCUT2D eigenvalue weighted by molar-refractivity contribution is 0.0792. The van der Waals surface area contributed by atoms with E-state index in [1.807, 2.05) is 23.1 Å². The number of carbonyl (C=O) groups excluding carboxylic acids is 2. The van der Waals surface area contributed by atoms with Crippen molar-refractivity contribution in [3.05, 3.63) is 63.2 Å². The Morgan fingerprint density at radius 2 is 1.65 bits per heavy atom. The lowest BCUT2D eigenvalue weighted by Gasteiger charge is -2.15. The second-order valence-corrected chi connectivity index (χ2v) is 7.54. The average molecular weight is 479 g/mol. The van der Waals surface area contributed by atoms with Gasteiger partial charge in [-0.2, -0.15) is 0 Å². The molecule has 134 valence electrons. The van der Waals surface area contributed by atoms with Gasteiger partial charge in [-0.3, -0.25) is 14.9 Å². The van der Waals surface area contributed by atoms with Gasteiger partial charge in [-0.25, -0.2) is 0 Å². The van der Waals surface area contributed by atoms with E-state index in [1.54, 1.807) is 30.3 Å². The van der Waals surface area contributed by atoms with Crippen molar-refractivity contribution in [3.8, 4) is 0 Å². The molecular formula is C19H18IN3O2S. The van der Waals surface area contributed by atoms with Gasteiger partial charge in [0.15, 0.2) is 5.11 Å². The molecule has 1 aliphatic heterocycles. The Balaban J connectivity index is 1.58. The molecule has 1 heterocycles. The highest BCUT2D eigenvalue weighted by molar-refractivity contribution is 14.1. The molecule has 0 spiro atoms. The Labute approximate surface area is 171 Å².